The Morgan fingerprint density at radius 2 is 1.88 bits per heavy atom. The first-order valence-corrected chi connectivity index (χ1v) is 8.06. The summed E-state index contributed by atoms with van der Waals surface area (Å²) in [6, 6.07) is 12.7. The molecule has 3 aromatic rings. The predicted octanol–water partition coefficient (Wildman–Crippen LogP) is 3.70. The standard InChI is InChI=1S/C19H14F2N4O/c20-14-6-5-13(9-15(14)21)24-18-10-16(22-11-23-18)19(26)25-8-7-12-3-1-2-4-17(12)25/h1-6,9-11H,7-8H2,(H,22,23,24). The number of nitrogens with zero attached hydrogens (tertiary/aromatic N) is 3. The number of carbonyl (C=O) groups excluding carboxylic acids is 1. The zero-order chi connectivity index (χ0) is 18.1. The fraction of sp³-hybridized carbons (Fsp3) is 0.105. The summed E-state index contributed by atoms with van der Waals surface area (Å²) < 4.78 is 26.3. The summed E-state index contributed by atoms with van der Waals surface area (Å²) in [5.41, 5.74) is 2.55. The van der Waals surface area contributed by atoms with E-state index in [0.29, 0.717) is 18.1 Å². The molecule has 0 fully saturated rings. The number of anilines is 3. The van der Waals surface area contributed by atoms with Crippen LogP contribution in [0.2, 0.25) is 0 Å². The minimum atomic E-state index is -0.964. The number of amides is 1. The number of benzene rings is 2. The van der Waals surface area contributed by atoms with Crippen molar-refractivity contribution in [2.24, 2.45) is 0 Å². The summed E-state index contributed by atoms with van der Waals surface area (Å²) >= 11 is 0. The molecular formula is C19H14F2N4O. The van der Waals surface area contributed by atoms with Gasteiger partial charge in [-0.25, -0.2) is 18.7 Å². The van der Waals surface area contributed by atoms with Gasteiger partial charge in [0.2, 0.25) is 0 Å². The summed E-state index contributed by atoms with van der Waals surface area (Å²) in [6.07, 6.45) is 2.06. The number of fused-ring (bicyclic) bond motifs is 1. The third-order valence-corrected chi connectivity index (χ3v) is 4.21. The molecule has 1 aliphatic heterocycles. The highest BCUT2D eigenvalue weighted by atomic mass is 19.2. The fourth-order valence-electron chi connectivity index (χ4n) is 2.95. The number of nitrogens with one attached hydrogen (secondary N) is 1. The molecule has 4 rings (SSSR count). The fourth-order valence-corrected chi connectivity index (χ4v) is 2.95. The van der Waals surface area contributed by atoms with E-state index >= 15 is 0 Å². The molecule has 0 radical (unpaired) electrons. The molecule has 2 aromatic carbocycles. The highest BCUT2D eigenvalue weighted by Crippen LogP contribution is 2.28. The zero-order valence-electron chi connectivity index (χ0n) is 13.6. The molecule has 5 nitrogen and oxygen atoms in total. The van der Waals surface area contributed by atoms with Crippen LogP contribution in [0, 0.1) is 11.6 Å². The van der Waals surface area contributed by atoms with Crippen molar-refractivity contribution in [2.75, 3.05) is 16.8 Å². The van der Waals surface area contributed by atoms with Crippen LogP contribution < -0.4 is 10.2 Å². The summed E-state index contributed by atoms with van der Waals surface area (Å²) in [7, 11) is 0. The highest BCUT2D eigenvalue weighted by Gasteiger charge is 2.26. The maximum atomic E-state index is 13.3. The van der Waals surface area contributed by atoms with Crippen LogP contribution in [0.5, 0.6) is 0 Å². The Balaban J connectivity index is 1.58. The lowest BCUT2D eigenvalue weighted by Gasteiger charge is -2.17. The van der Waals surface area contributed by atoms with Crippen molar-refractivity contribution in [2.45, 2.75) is 6.42 Å². The van der Waals surface area contributed by atoms with Crippen molar-refractivity contribution in [3.8, 4) is 0 Å². The van der Waals surface area contributed by atoms with E-state index in [2.05, 4.69) is 15.3 Å². The molecule has 0 unspecified atom stereocenters. The Labute approximate surface area is 148 Å². The van der Waals surface area contributed by atoms with Crippen LogP contribution in [0.3, 0.4) is 0 Å². The number of hydrogen-bond acceptors (Lipinski definition) is 4. The van der Waals surface area contributed by atoms with Gasteiger partial charge in [-0.2, -0.15) is 0 Å². The largest absolute Gasteiger partial charge is 0.340 e. The lowest BCUT2D eigenvalue weighted by atomic mass is 10.2. The summed E-state index contributed by atoms with van der Waals surface area (Å²) in [4.78, 5) is 22.6. The average molecular weight is 352 g/mol. The van der Waals surface area contributed by atoms with Gasteiger partial charge in [0, 0.05) is 30.1 Å². The first kappa shape index (κ1) is 16.1. The molecule has 1 aromatic heterocycles. The topological polar surface area (TPSA) is 58.1 Å². The number of aromatic nitrogens is 2. The summed E-state index contributed by atoms with van der Waals surface area (Å²) in [6.45, 7) is 0.591. The van der Waals surface area contributed by atoms with Crippen molar-refractivity contribution < 1.29 is 13.6 Å². The van der Waals surface area contributed by atoms with Gasteiger partial charge in [0.15, 0.2) is 11.6 Å². The molecule has 0 aliphatic carbocycles. The average Bonchev–Trinajstić information content (AvgIpc) is 3.08. The van der Waals surface area contributed by atoms with Gasteiger partial charge in [0.25, 0.3) is 5.91 Å². The van der Waals surface area contributed by atoms with E-state index in [1.807, 2.05) is 24.3 Å². The number of hydrogen-bond donors (Lipinski definition) is 1. The van der Waals surface area contributed by atoms with E-state index in [0.717, 1.165) is 29.8 Å². The zero-order valence-corrected chi connectivity index (χ0v) is 13.6. The first-order valence-electron chi connectivity index (χ1n) is 8.06. The normalized spacial score (nSPS) is 12.8. The van der Waals surface area contributed by atoms with Crippen LogP contribution in [-0.2, 0) is 6.42 Å². The second kappa shape index (κ2) is 6.51. The number of halogens is 2. The lowest BCUT2D eigenvalue weighted by molar-refractivity contribution is 0.0984. The van der Waals surface area contributed by atoms with Gasteiger partial charge in [0.05, 0.1) is 0 Å². The van der Waals surface area contributed by atoms with E-state index in [-0.39, 0.29) is 11.6 Å². The first-order chi connectivity index (χ1) is 12.6. The third-order valence-electron chi connectivity index (χ3n) is 4.21. The van der Waals surface area contributed by atoms with Crippen molar-refractivity contribution in [3.05, 3.63) is 77.8 Å². The Bertz CT molecular complexity index is 993. The molecule has 26 heavy (non-hydrogen) atoms. The Kier molecular flexibility index (Phi) is 4.04. The molecule has 1 N–H and O–H groups in total. The number of carbonyl (C=O) groups is 1. The highest BCUT2D eigenvalue weighted by molar-refractivity contribution is 6.06. The van der Waals surface area contributed by atoms with E-state index in [1.54, 1.807) is 4.90 Å². The van der Waals surface area contributed by atoms with E-state index in [1.165, 1.54) is 18.5 Å². The second-order valence-electron chi connectivity index (χ2n) is 5.88. The van der Waals surface area contributed by atoms with Gasteiger partial charge >= 0.3 is 0 Å². The van der Waals surface area contributed by atoms with E-state index in [4.69, 9.17) is 0 Å². The SMILES string of the molecule is O=C(c1cc(Nc2ccc(F)c(F)c2)ncn1)N1CCc2ccccc21. The van der Waals surface area contributed by atoms with Gasteiger partial charge < -0.3 is 10.2 Å². The lowest BCUT2D eigenvalue weighted by Crippen LogP contribution is -2.29. The van der Waals surface area contributed by atoms with Crippen LogP contribution in [-0.4, -0.2) is 22.4 Å². The molecule has 0 saturated heterocycles. The van der Waals surface area contributed by atoms with E-state index in [9.17, 15) is 13.6 Å². The second-order valence-corrected chi connectivity index (χ2v) is 5.88. The Morgan fingerprint density at radius 1 is 1.04 bits per heavy atom. The molecule has 0 spiro atoms. The molecule has 7 heteroatoms. The molecule has 1 amide bonds. The number of para-hydroxylation sites is 1. The maximum Gasteiger partial charge on any atom is 0.277 e. The summed E-state index contributed by atoms with van der Waals surface area (Å²) in [5.74, 6) is -1.80. The van der Waals surface area contributed by atoms with Crippen molar-refractivity contribution in [3.63, 3.8) is 0 Å². The van der Waals surface area contributed by atoms with Crippen LogP contribution in [0.1, 0.15) is 16.1 Å². The van der Waals surface area contributed by atoms with Gasteiger partial charge in [-0.3, -0.25) is 4.79 Å². The minimum Gasteiger partial charge on any atom is -0.340 e. The van der Waals surface area contributed by atoms with Gasteiger partial charge in [-0.05, 0) is 30.2 Å². The van der Waals surface area contributed by atoms with Gasteiger partial charge in [-0.15, -0.1) is 0 Å². The van der Waals surface area contributed by atoms with Crippen molar-refractivity contribution in [1.29, 1.82) is 0 Å². The van der Waals surface area contributed by atoms with E-state index < -0.39 is 11.6 Å². The smallest absolute Gasteiger partial charge is 0.277 e. The molecule has 1 aliphatic rings. The summed E-state index contributed by atoms with van der Waals surface area (Å²) in [5, 5.41) is 2.85. The predicted molar refractivity (Wildman–Crippen MR) is 93.5 cm³/mol. The quantitative estimate of drug-likeness (QED) is 0.781. The molecule has 0 atom stereocenters. The van der Waals surface area contributed by atoms with Crippen molar-refractivity contribution >= 4 is 23.1 Å². The third kappa shape index (κ3) is 2.99. The molecule has 0 bridgehead atoms. The molecule has 0 saturated carbocycles. The van der Waals surface area contributed by atoms with Gasteiger partial charge in [-0.1, -0.05) is 18.2 Å². The van der Waals surface area contributed by atoms with Crippen LogP contribution in [0.4, 0.5) is 26.0 Å². The van der Waals surface area contributed by atoms with Crippen LogP contribution >= 0.6 is 0 Å². The Hall–Kier alpha value is -3.35. The maximum absolute atomic E-state index is 13.3. The monoisotopic (exact) mass is 352 g/mol. The molecule has 130 valence electrons. The number of rotatable bonds is 3. The molecule has 2 heterocycles. The molecular weight excluding hydrogens is 338 g/mol. The van der Waals surface area contributed by atoms with Gasteiger partial charge in [0.1, 0.15) is 17.8 Å². The van der Waals surface area contributed by atoms with Crippen LogP contribution in [0.15, 0.2) is 54.9 Å². The Morgan fingerprint density at radius 3 is 2.73 bits per heavy atom. The minimum absolute atomic E-state index is 0.224. The van der Waals surface area contributed by atoms with Crippen LogP contribution in [0.25, 0.3) is 0 Å². The van der Waals surface area contributed by atoms with Crippen molar-refractivity contribution in [1.82, 2.24) is 9.97 Å².